The summed E-state index contributed by atoms with van der Waals surface area (Å²) in [6.45, 7) is 5.67. The Labute approximate surface area is 126 Å². The molecule has 0 atom stereocenters. The Bertz CT molecular complexity index is 544. The first-order valence-electron chi connectivity index (χ1n) is 6.87. The smallest absolute Gasteiger partial charge is 0.240 e. The van der Waals surface area contributed by atoms with Crippen LogP contribution >= 0.6 is 0 Å². The molecule has 0 radical (unpaired) electrons. The molecule has 0 bridgehead atoms. The summed E-state index contributed by atoms with van der Waals surface area (Å²) in [5, 5.41) is 0. The summed E-state index contributed by atoms with van der Waals surface area (Å²) < 4.78 is 37.1. The quantitative estimate of drug-likeness (QED) is 0.533. The highest BCUT2D eigenvalue weighted by Gasteiger charge is 2.14. The van der Waals surface area contributed by atoms with E-state index in [1.807, 2.05) is 0 Å². The summed E-state index contributed by atoms with van der Waals surface area (Å²) in [7, 11) is -2.07. The standard InChI is InChI=1S/C14H24N2O4S/c1-11(2)10-20-8-4-7-16-21(17,18)12-5-6-14(19-3)13(15)9-12/h5-6,9,11,16H,4,7-8,10,15H2,1-3H3. The maximum atomic E-state index is 12.1. The monoisotopic (exact) mass is 316 g/mol. The predicted molar refractivity (Wildman–Crippen MR) is 82.9 cm³/mol. The fourth-order valence-corrected chi connectivity index (χ4v) is 2.77. The van der Waals surface area contributed by atoms with Crippen LogP contribution in [0.5, 0.6) is 5.75 Å². The number of rotatable bonds is 9. The SMILES string of the molecule is COc1ccc(S(=O)(=O)NCCCOCC(C)C)cc1N. The molecule has 120 valence electrons. The molecule has 6 nitrogen and oxygen atoms in total. The largest absolute Gasteiger partial charge is 0.495 e. The molecule has 1 rings (SSSR count). The molecular formula is C14H24N2O4S. The number of benzene rings is 1. The Morgan fingerprint density at radius 2 is 2.05 bits per heavy atom. The van der Waals surface area contributed by atoms with Crippen molar-refractivity contribution in [2.45, 2.75) is 25.2 Å². The van der Waals surface area contributed by atoms with Crippen LogP contribution in [0.2, 0.25) is 0 Å². The van der Waals surface area contributed by atoms with Crippen LogP contribution in [0.1, 0.15) is 20.3 Å². The van der Waals surface area contributed by atoms with Crippen LogP contribution in [0.15, 0.2) is 23.1 Å². The second-order valence-corrected chi connectivity index (χ2v) is 6.89. The topological polar surface area (TPSA) is 90.7 Å². The number of nitrogen functional groups attached to an aromatic ring is 1. The van der Waals surface area contributed by atoms with Crippen molar-refractivity contribution in [1.29, 1.82) is 0 Å². The Hall–Kier alpha value is -1.31. The van der Waals surface area contributed by atoms with Gasteiger partial charge in [0.25, 0.3) is 0 Å². The summed E-state index contributed by atoms with van der Waals surface area (Å²) in [6.07, 6.45) is 0.623. The first-order chi connectivity index (χ1) is 9.86. The zero-order chi connectivity index (χ0) is 15.9. The molecule has 1 aromatic rings. The first-order valence-corrected chi connectivity index (χ1v) is 8.36. The third-order valence-corrected chi connectivity index (χ3v) is 4.18. The minimum Gasteiger partial charge on any atom is -0.495 e. The highest BCUT2D eigenvalue weighted by atomic mass is 32.2. The normalized spacial score (nSPS) is 11.8. The number of sulfonamides is 1. The first kappa shape index (κ1) is 17.7. The van der Waals surface area contributed by atoms with Crippen LogP contribution in [-0.4, -0.2) is 35.3 Å². The molecule has 0 aliphatic heterocycles. The van der Waals surface area contributed by atoms with Gasteiger partial charge in [0.2, 0.25) is 10.0 Å². The minimum atomic E-state index is -3.55. The van der Waals surface area contributed by atoms with Gasteiger partial charge in [0.1, 0.15) is 5.75 Å². The van der Waals surface area contributed by atoms with E-state index < -0.39 is 10.0 Å². The Balaban J connectivity index is 2.48. The zero-order valence-corrected chi connectivity index (χ0v) is 13.6. The lowest BCUT2D eigenvalue weighted by Crippen LogP contribution is -2.25. The third kappa shape index (κ3) is 5.91. The van der Waals surface area contributed by atoms with Gasteiger partial charge in [0.15, 0.2) is 0 Å². The predicted octanol–water partition coefficient (Wildman–Crippen LogP) is 1.62. The molecule has 0 unspecified atom stereocenters. The molecule has 0 aliphatic carbocycles. The van der Waals surface area contributed by atoms with Gasteiger partial charge in [-0.3, -0.25) is 0 Å². The fourth-order valence-electron chi connectivity index (χ4n) is 1.66. The van der Waals surface area contributed by atoms with Gasteiger partial charge in [0.05, 0.1) is 17.7 Å². The van der Waals surface area contributed by atoms with Gasteiger partial charge in [-0.05, 0) is 30.5 Å². The lowest BCUT2D eigenvalue weighted by atomic mass is 10.2. The van der Waals surface area contributed by atoms with E-state index in [2.05, 4.69) is 18.6 Å². The van der Waals surface area contributed by atoms with E-state index in [0.29, 0.717) is 43.5 Å². The van der Waals surface area contributed by atoms with Crippen LogP contribution in [0.3, 0.4) is 0 Å². The Morgan fingerprint density at radius 3 is 2.62 bits per heavy atom. The minimum absolute atomic E-state index is 0.129. The van der Waals surface area contributed by atoms with Crippen molar-refractivity contribution in [3.63, 3.8) is 0 Å². The van der Waals surface area contributed by atoms with E-state index in [0.717, 1.165) is 0 Å². The van der Waals surface area contributed by atoms with Crippen molar-refractivity contribution in [2.75, 3.05) is 32.6 Å². The molecule has 0 amide bonds. The van der Waals surface area contributed by atoms with Crippen LogP contribution < -0.4 is 15.2 Å². The molecule has 0 aliphatic rings. The van der Waals surface area contributed by atoms with Gasteiger partial charge in [-0.1, -0.05) is 13.8 Å². The van der Waals surface area contributed by atoms with Gasteiger partial charge >= 0.3 is 0 Å². The molecular weight excluding hydrogens is 292 g/mol. The third-order valence-electron chi connectivity index (χ3n) is 2.72. The molecule has 7 heteroatoms. The van der Waals surface area contributed by atoms with Crippen LogP contribution in [0, 0.1) is 5.92 Å². The maximum absolute atomic E-state index is 12.1. The van der Waals surface area contributed by atoms with Crippen molar-refractivity contribution in [3.05, 3.63) is 18.2 Å². The molecule has 0 heterocycles. The Kier molecular flexibility index (Phi) is 6.94. The second kappa shape index (κ2) is 8.21. The van der Waals surface area contributed by atoms with Gasteiger partial charge in [-0.2, -0.15) is 0 Å². The lowest BCUT2D eigenvalue weighted by Gasteiger charge is -2.10. The van der Waals surface area contributed by atoms with E-state index >= 15 is 0 Å². The van der Waals surface area contributed by atoms with Crippen LogP contribution in [-0.2, 0) is 14.8 Å². The summed E-state index contributed by atoms with van der Waals surface area (Å²) in [6, 6.07) is 4.39. The van der Waals surface area contributed by atoms with E-state index in [-0.39, 0.29) is 4.90 Å². The molecule has 1 aromatic carbocycles. The summed E-state index contributed by atoms with van der Waals surface area (Å²) in [4.78, 5) is 0.129. The van der Waals surface area contributed by atoms with Crippen LogP contribution in [0.25, 0.3) is 0 Å². The van der Waals surface area contributed by atoms with E-state index in [1.165, 1.54) is 25.3 Å². The molecule has 0 spiro atoms. The average molecular weight is 316 g/mol. The van der Waals surface area contributed by atoms with E-state index in [9.17, 15) is 8.42 Å². The fraction of sp³-hybridized carbons (Fsp3) is 0.571. The summed E-state index contributed by atoms with van der Waals surface area (Å²) in [5.74, 6) is 0.931. The number of nitrogens with one attached hydrogen (secondary N) is 1. The molecule has 3 N–H and O–H groups in total. The molecule has 0 aromatic heterocycles. The van der Waals surface area contributed by atoms with Crippen LogP contribution in [0.4, 0.5) is 5.69 Å². The van der Waals surface area contributed by atoms with Crippen molar-refractivity contribution >= 4 is 15.7 Å². The molecule has 0 fully saturated rings. The lowest BCUT2D eigenvalue weighted by molar-refractivity contribution is 0.108. The van der Waals surface area contributed by atoms with Crippen molar-refractivity contribution in [2.24, 2.45) is 5.92 Å². The number of hydrogen-bond acceptors (Lipinski definition) is 5. The summed E-state index contributed by atoms with van der Waals surface area (Å²) in [5.41, 5.74) is 6.01. The molecule has 0 saturated heterocycles. The molecule has 0 saturated carbocycles. The number of hydrogen-bond donors (Lipinski definition) is 2. The second-order valence-electron chi connectivity index (χ2n) is 5.12. The van der Waals surface area contributed by atoms with E-state index in [4.69, 9.17) is 15.2 Å². The average Bonchev–Trinajstić information content (AvgIpc) is 2.42. The highest BCUT2D eigenvalue weighted by molar-refractivity contribution is 7.89. The number of ether oxygens (including phenoxy) is 2. The number of nitrogens with two attached hydrogens (primary N) is 1. The zero-order valence-electron chi connectivity index (χ0n) is 12.8. The van der Waals surface area contributed by atoms with Gasteiger partial charge in [0, 0.05) is 19.8 Å². The van der Waals surface area contributed by atoms with Crippen molar-refractivity contribution in [1.82, 2.24) is 4.72 Å². The number of methoxy groups -OCH3 is 1. The maximum Gasteiger partial charge on any atom is 0.240 e. The Morgan fingerprint density at radius 1 is 1.33 bits per heavy atom. The van der Waals surface area contributed by atoms with Gasteiger partial charge in [-0.25, -0.2) is 13.1 Å². The van der Waals surface area contributed by atoms with E-state index in [1.54, 1.807) is 0 Å². The summed E-state index contributed by atoms with van der Waals surface area (Å²) >= 11 is 0. The van der Waals surface area contributed by atoms with Crippen molar-refractivity contribution in [3.8, 4) is 5.75 Å². The van der Waals surface area contributed by atoms with Gasteiger partial charge in [-0.15, -0.1) is 0 Å². The van der Waals surface area contributed by atoms with Gasteiger partial charge < -0.3 is 15.2 Å². The van der Waals surface area contributed by atoms with Crippen molar-refractivity contribution < 1.29 is 17.9 Å². The molecule has 21 heavy (non-hydrogen) atoms. The number of anilines is 1. The highest BCUT2D eigenvalue weighted by Crippen LogP contribution is 2.24.